The van der Waals surface area contributed by atoms with E-state index in [4.69, 9.17) is 14.9 Å². The van der Waals surface area contributed by atoms with E-state index in [0.29, 0.717) is 19.6 Å². The van der Waals surface area contributed by atoms with Crippen LogP contribution in [-0.2, 0) is 9.53 Å². The van der Waals surface area contributed by atoms with E-state index in [9.17, 15) is 4.79 Å². The number of unbranched alkanes of at least 4 members (excludes halogenated alkanes) is 7. The second-order valence-electron chi connectivity index (χ2n) is 5.82. The zero-order chi connectivity index (χ0) is 17.7. The highest BCUT2D eigenvalue weighted by atomic mass is 32.2. The number of aliphatic hydroxyl groups excluding tert-OH is 2. The first-order valence-electron chi connectivity index (χ1n) is 9.34. The number of carbonyl (C=O) groups excluding carboxylic acids is 1. The van der Waals surface area contributed by atoms with Crippen molar-refractivity contribution < 1.29 is 19.7 Å². The minimum absolute atomic E-state index is 0.0671. The van der Waals surface area contributed by atoms with E-state index >= 15 is 0 Å². The van der Waals surface area contributed by atoms with Gasteiger partial charge in [-0.15, -0.1) is 0 Å². The summed E-state index contributed by atoms with van der Waals surface area (Å²) in [6.45, 7) is 1.02. The van der Waals surface area contributed by atoms with Crippen LogP contribution in [0.1, 0.15) is 64.2 Å². The number of hydrogen-bond acceptors (Lipinski definition) is 6. The van der Waals surface area contributed by atoms with Gasteiger partial charge < -0.3 is 14.9 Å². The van der Waals surface area contributed by atoms with Crippen LogP contribution >= 0.6 is 23.5 Å². The first-order valence-corrected chi connectivity index (χ1v) is 11.6. The van der Waals surface area contributed by atoms with Gasteiger partial charge in [0.15, 0.2) is 0 Å². The maximum absolute atomic E-state index is 11.5. The molecule has 0 amide bonds. The fraction of sp³-hybridized carbons (Fsp3) is 0.944. The molecule has 0 unspecified atom stereocenters. The Bertz CT molecular complexity index is 265. The maximum Gasteiger partial charge on any atom is 0.305 e. The molecule has 24 heavy (non-hydrogen) atoms. The van der Waals surface area contributed by atoms with Gasteiger partial charge in [0.1, 0.15) is 0 Å². The Kier molecular flexibility index (Phi) is 21.2. The summed E-state index contributed by atoms with van der Waals surface area (Å²) in [4.78, 5) is 11.5. The number of esters is 1. The number of aliphatic hydroxyl groups is 2. The minimum Gasteiger partial charge on any atom is -0.466 e. The molecule has 0 fully saturated rings. The van der Waals surface area contributed by atoms with Crippen molar-refractivity contribution in [3.05, 3.63) is 0 Å². The van der Waals surface area contributed by atoms with Gasteiger partial charge in [-0.05, 0) is 30.8 Å². The summed E-state index contributed by atoms with van der Waals surface area (Å²) in [6.07, 6.45) is 11.1. The van der Waals surface area contributed by atoms with Crippen LogP contribution in [0.15, 0.2) is 0 Å². The van der Waals surface area contributed by atoms with Crippen molar-refractivity contribution in [3.63, 3.8) is 0 Å². The molecule has 144 valence electrons. The Hall–Kier alpha value is 0.0900. The Morgan fingerprint density at radius 2 is 1.17 bits per heavy atom. The number of ether oxygens (including phenoxy) is 1. The number of hydrogen-bond donors (Lipinski definition) is 2. The first-order chi connectivity index (χ1) is 11.8. The summed E-state index contributed by atoms with van der Waals surface area (Å²) in [5.74, 6) is 3.67. The predicted molar refractivity (Wildman–Crippen MR) is 106 cm³/mol. The van der Waals surface area contributed by atoms with Crippen molar-refractivity contribution in [2.75, 3.05) is 42.8 Å². The molecule has 6 heteroatoms. The van der Waals surface area contributed by atoms with Crippen LogP contribution in [0.2, 0.25) is 0 Å². The van der Waals surface area contributed by atoms with Gasteiger partial charge >= 0.3 is 5.97 Å². The van der Waals surface area contributed by atoms with E-state index in [-0.39, 0.29) is 12.6 Å². The van der Waals surface area contributed by atoms with E-state index in [0.717, 1.165) is 36.5 Å². The van der Waals surface area contributed by atoms with Crippen molar-refractivity contribution in [2.45, 2.75) is 64.2 Å². The SMILES string of the molecule is O=C(CCCCCCCCCCSCCO)OCCCSCCO. The third-order valence-electron chi connectivity index (χ3n) is 3.59. The molecule has 0 bridgehead atoms. The molecule has 0 aliphatic rings. The van der Waals surface area contributed by atoms with Gasteiger partial charge in [-0.3, -0.25) is 4.79 Å². The van der Waals surface area contributed by atoms with Crippen LogP contribution in [-0.4, -0.2) is 59.0 Å². The molecule has 2 N–H and O–H groups in total. The molecular weight excluding hydrogens is 344 g/mol. The molecule has 0 radical (unpaired) electrons. The minimum atomic E-state index is -0.0671. The van der Waals surface area contributed by atoms with Gasteiger partial charge in [0, 0.05) is 17.9 Å². The Morgan fingerprint density at radius 1 is 0.667 bits per heavy atom. The van der Waals surface area contributed by atoms with Crippen molar-refractivity contribution in [1.82, 2.24) is 0 Å². The van der Waals surface area contributed by atoms with Crippen LogP contribution in [0.5, 0.6) is 0 Å². The van der Waals surface area contributed by atoms with E-state index in [1.54, 1.807) is 11.8 Å². The number of carbonyl (C=O) groups is 1. The van der Waals surface area contributed by atoms with E-state index in [1.165, 1.54) is 44.3 Å². The van der Waals surface area contributed by atoms with Gasteiger partial charge in [-0.1, -0.05) is 38.5 Å². The summed E-state index contributed by atoms with van der Waals surface area (Å²) < 4.78 is 5.19. The third kappa shape index (κ3) is 20.1. The third-order valence-corrected chi connectivity index (χ3v) is 5.68. The molecule has 4 nitrogen and oxygen atoms in total. The second-order valence-corrected chi connectivity index (χ2v) is 8.27. The molecule has 0 saturated heterocycles. The Balaban J connectivity index is 3.11. The van der Waals surface area contributed by atoms with Gasteiger partial charge in [0.05, 0.1) is 19.8 Å². The number of rotatable bonds is 19. The molecule has 0 aliphatic carbocycles. The highest BCUT2D eigenvalue weighted by Gasteiger charge is 2.02. The van der Waals surface area contributed by atoms with Crippen molar-refractivity contribution >= 4 is 29.5 Å². The fourth-order valence-electron chi connectivity index (χ4n) is 2.29. The van der Waals surface area contributed by atoms with Gasteiger partial charge in [0.25, 0.3) is 0 Å². The lowest BCUT2D eigenvalue weighted by Crippen LogP contribution is -2.06. The fourth-order valence-corrected chi connectivity index (χ4v) is 3.68. The lowest BCUT2D eigenvalue weighted by Gasteiger charge is -2.05. The topological polar surface area (TPSA) is 66.8 Å². The number of thioether (sulfide) groups is 2. The van der Waals surface area contributed by atoms with Crippen molar-refractivity contribution in [1.29, 1.82) is 0 Å². The monoisotopic (exact) mass is 380 g/mol. The summed E-state index contributed by atoms with van der Waals surface area (Å²) in [5.41, 5.74) is 0. The van der Waals surface area contributed by atoms with Crippen molar-refractivity contribution in [2.24, 2.45) is 0 Å². The molecule has 0 spiro atoms. The van der Waals surface area contributed by atoms with Crippen LogP contribution in [0, 0.1) is 0 Å². The van der Waals surface area contributed by atoms with E-state index in [2.05, 4.69) is 0 Å². The molecule has 0 aromatic heterocycles. The lowest BCUT2D eigenvalue weighted by atomic mass is 10.1. The average Bonchev–Trinajstić information content (AvgIpc) is 2.59. The van der Waals surface area contributed by atoms with Crippen LogP contribution in [0.25, 0.3) is 0 Å². The molecule has 0 rings (SSSR count). The summed E-state index contributed by atoms with van der Waals surface area (Å²) in [5, 5.41) is 17.3. The second kappa shape index (κ2) is 21.1. The van der Waals surface area contributed by atoms with Gasteiger partial charge in [-0.25, -0.2) is 0 Å². The molecular formula is C18H36O4S2. The van der Waals surface area contributed by atoms with Crippen LogP contribution in [0.3, 0.4) is 0 Å². The Labute approximate surface area is 156 Å². The van der Waals surface area contributed by atoms with E-state index in [1.807, 2.05) is 11.8 Å². The standard InChI is InChI=1S/C18H36O4S2/c19-11-16-23-14-8-6-4-2-1-3-5-7-10-18(21)22-13-9-15-24-17-12-20/h19-20H,1-17H2. The van der Waals surface area contributed by atoms with E-state index < -0.39 is 0 Å². The summed E-state index contributed by atoms with van der Waals surface area (Å²) in [6, 6.07) is 0. The van der Waals surface area contributed by atoms with Crippen LogP contribution in [0.4, 0.5) is 0 Å². The highest BCUT2D eigenvalue weighted by molar-refractivity contribution is 7.99. The van der Waals surface area contributed by atoms with Crippen molar-refractivity contribution in [3.8, 4) is 0 Å². The zero-order valence-corrected chi connectivity index (χ0v) is 16.7. The molecule has 0 saturated carbocycles. The molecule has 0 aliphatic heterocycles. The van der Waals surface area contributed by atoms with Gasteiger partial charge in [-0.2, -0.15) is 23.5 Å². The average molecular weight is 381 g/mol. The lowest BCUT2D eigenvalue weighted by molar-refractivity contribution is -0.143. The first kappa shape index (κ1) is 24.1. The predicted octanol–water partition coefficient (Wildman–Crippen LogP) is 3.88. The quantitative estimate of drug-likeness (QED) is 0.262. The molecule has 0 heterocycles. The largest absolute Gasteiger partial charge is 0.466 e. The smallest absolute Gasteiger partial charge is 0.305 e. The normalized spacial score (nSPS) is 10.9. The molecule has 0 atom stereocenters. The molecule has 0 aromatic rings. The highest BCUT2D eigenvalue weighted by Crippen LogP contribution is 2.12. The summed E-state index contributed by atoms with van der Waals surface area (Å²) >= 11 is 3.53. The summed E-state index contributed by atoms with van der Waals surface area (Å²) in [7, 11) is 0. The zero-order valence-electron chi connectivity index (χ0n) is 15.0. The molecule has 0 aromatic carbocycles. The Morgan fingerprint density at radius 3 is 1.75 bits per heavy atom. The van der Waals surface area contributed by atoms with Crippen LogP contribution < -0.4 is 0 Å². The maximum atomic E-state index is 11.5. The van der Waals surface area contributed by atoms with Gasteiger partial charge in [0.2, 0.25) is 0 Å².